The van der Waals surface area contributed by atoms with Crippen LogP contribution in [0.4, 0.5) is 0 Å². The molecule has 80 valence electrons. The quantitative estimate of drug-likeness (QED) is 0.741. The molecular formula is C14H19N. The molecule has 1 aromatic carbocycles. The van der Waals surface area contributed by atoms with Gasteiger partial charge in [0.15, 0.2) is 0 Å². The molecule has 0 fully saturated rings. The lowest BCUT2D eigenvalue weighted by Gasteiger charge is -2.13. The highest BCUT2D eigenvalue weighted by Gasteiger charge is 2.04. The highest BCUT2D eigenvalue weighted by atomic mass is 14.9. The maximum absolute atomic E-state index is 3.38. The minimum Gasteiger partial charge on any atom is -0.300 e. The second-order valence-electron chi connectivity index (χ2n) is 3.95. The van der Waals surface area contributed by atoms with Crippen LogP contribution in [0.5, 0.6) is 0 Å². The van der Waals surface area contributed by atoms with E-state index in [2.05, 4.69) is 56.1 Å². The Labute approximate surface area is 92.9 Å². The van der Waals surface area contributed by atoms with Crippen molar-refractivity contribution in [2.75, 3.05) is 6.54 Å². The van der Waals surface area contributed by atoms with Crippen LogP contribution in [0.2, 0.25) is 0 Å². The second-order valence-corrected chi connectivity index (χ2v) is 3.95. The maximum Gasteiger partial charge on any atom is 0.0581 e. The van der Waals surface area contributed by atoms with E-state index in [0.29, 0.717) is 6.04 Å². The molecule has 0 amide bonds. The fourth-order valence-corrected chi connectivity index (χ4v) is 1.67. The summed E-state index contributed by atoms with van der Waals surface area (Å²) in [5.74, 6) is 5.90. The lowest BCUT2D eigenvalue weighted by Crippen LogP contribution is -2.18. The van der Waals surface area contributed by atoms with Crippen molar-refractivity contribution in [2.45, 2.75) is 33.7 Å². The van der Waals surface area contributed by atoms with Crippen molar-refractivity contribution < 1.29 is 0 Å². The molecule has 0 aromatic heterocycles. The van der Waals surface area contributed by atoms with Crippen LogP contribution in [0, 0.1) is 25.7 Å². The van der Waals surface area contributed by atoms with Gasteiger partial charge in [-0.25, -0.2) is 0 Å². The third kappa shape index (κ3) is 3.77. The van der Waals surface area contributed by atoms with Gasteiger partial charge in [0.25, 0.3) is 0 Å². The van der Waals surface area contributed by atoms with Crippen molar-refractivity contribution in [2.24, 2.45) is 0 Å². The topological polar surface area (TPSA) is 12.0 Å². The average Bonchev–Trinajstić information content (AvgIpc) is 2.16. The Balaban J connectivity index is 2.71. The van der Waals surface area contributed by atoms with Crippen LogP contribution in [-0.4, -0.2) is 6.54 Å². The second kappa shape index (κ2) is 5.58. The van der Waals surface area contributed by atoms with Crippen molar-refractivity contribution in [1.29, 1.82) is 0 Å². The first-order chi connectivity index (χ1) is 7.13. The van der Waals surface area contributed by atoms with E-state index in [-0.39, 0.29) is 0 Å². The summed E-state index contributed by atoms with van der Waals surface area (Å²) in [4.78, 5) is 0. The molecule has 0 saturated heterocycles. The van der Waals surface area contributed by atoms with E-state index in [9.17, 15) is 0 Å². The van der Waals surface area contributed by atoms with Crippen molar-refractivity contribution in [1.82, 2.24) is 5.32 Å². The van der Waals surface area contributed by atoms with E-state index in [1.165, 1.54) is 16.7 Å². The number of aryl methyl sites for hydroxylation is 2. The third-order valence-electron chi connectivity index (χ3n) is 2.42. The van der Waals surface area contributed by atoms with Gasteiger partial charge < -0.3 is 0 Å². The van der Waals surface area contributed by atoms with Crippen LogP contribution in [0.1, 0.15) is 36.6 Å². The van der Waals surface area contributed by atoms with Crippen LogP contribution < -0.4 is 5.32 Å². The van der Waals surface area contributed by atoms with Gasteiger partial charge in [0.2, 0.25) is 0 Å². The van der Waals surface area contributed by atoms with Crippen LogP contribution in [-0.2, 0) is 0 Å². The van der Waals surface area contributed by atoms with Crippen LogP contribution >= 0.6 is 0 Å². The summed E-state index contributed by atoms with van der Waals surface area (Å²) in [5.41, 5.74) is 3.98. The standard InChI is InChI=1S/C14H19N/c1-5-6-7-15-13(4)14-9-11(2)8-12(3)10-14/h8-10,13,15H,7H2,1-4H3. The third-order valence-corrected chi connectivity index (χ3v) is 2.42. The van der Waals surface area contributed by atoms with Crippen molar-refractivity contribution >= 4 is 0 Å². The summed E-state index contributed by atoms with van der Waals surface area (Å²) < 4.78 is 0. The van der Waals surface area contributed by atoms with E-state index in [1.807, 2.05) is 6.92 Å². The van der Waals surface area contributed by atoms with Gasteiger partial charge in [0, 0.05) is 6.04 Å². The van der Waals surface area contributed by atoms with Gasteiger partial charge in [-0.2, -0.15) is 0 Å². The molecule has 1 aromatic rings. The molecule has 1 rings (SSSR count). The molecule has 1 unspecified atom stereocenters. The van der Waals surface area contributed by atoms with Gasteiger partial charge in [-0.15, -0.1) is 5.92 Å². The Morgan fingerprint density at radius 1 is 1.20 bits per heavy atom. The van der Waals surface area contributed by atoms with Gasteiger partial charge in [-0.05, 0) is 33.3 Å². The first-order valence-corrected chi connectivity index (χ1v) is 5.34. The normalized spacial score (nSPS) is 11.7. The van der Waals surface area contributed by atoms with Gasteiger partial charge in [0.1, 0.15) is 0 Å². The highest BCUT2D eigenvalue weighted by molar-refractivity contribution is 5.30. The first kappa shape index (κ1) is 11.8. The minimum absolute atomic E-state index is 0.365. The summed E-state index contributed by atoms with van der Waals surface area (Å²) in [7, 11) is 0. The Morgan fingerprint density at radius 2 is 1.80 bits per heavy atom. The summed E-state index contributed by atoms with van der Waals surface area (Å²) in [6, 6.07) is 7.01. The number of benzene rings is 1. The molecule has 15 heavy (non-hydrogen) atoms. The van der Waals surface area contributed by atoms with Gasteiger partial charge >= 0.3 is 0 Å². The summed E-state index contributed by atoms with van der Waals surface area (Å²) in [6.45, 7) is 9.06. The Kier molecular flexibility index (Phi) is 4.39. The smallest absolute Gasteiger partial charge is 0.0581 e. The van der Waals surface area contributed by atoms with Gasteiger partial charge in [-0.3, -0.25) is 5.32 Å². The molecule has 0 saturated carbocycles. The fourth-order valence-electron chi connectivity index (χ4n) is 1.67. The Hall–Kier alpha value is -1.26. The molecular weight excluding hydrogens is 182 g/mol. The summed E-state index contributed by atoms with van der Waals surface area (Å²) in [6.07, 6.45) is 0. The van der Waals surface area contributed by atoms with E-state index in [1.54, 1.807) is 0 Å². The zero-order chi connectivity index (χ0) is 11.3. The lowest BCUT2D eigenvalue weighted by atomic mass is 10.0. The molecule has 0 aliphatic carbocycles. The molecule has 1 nitrogen and oxygen atoms in total. The van der Waals surface area contributed by atoms with Gasteiger partial charge in [-0.1, -0.05) is 35.2 Å². The van der Waals surface area contributed by atoms with Crippen molar-refractivity contribution in [3.8, 4) is 11.8 Å². The monoisotopic (exact) mass is 201 g/mol. The van der Waals surface area contributed by atoms with Crippen molar-refractivity contribution in [3.05, 3.63) is 34.9 Å². The Bertz CT molecular complexity index is 362. The minimum atomic E-state index is 0.365. The zero-order valence-corrected chi connectivity index (χ0v) is 10.0. The molecule has 0 spiro atoms. The van der Waals surface area contributed by atoms with Gasteiger partial charge in [0.05, 0.1) is 6.54 Å². The van der Waals surface area contributed by atoms with Crippen LogP contribution in [0.15, 0.2) is 18.2 Å². The average molecular weight is 201 g/mol. The molecule has 0 aliphatic heterocycles. The molecule has 1 N–H and O–H groups in total. The summed E-state index contributed by atoms with van der Waals surface area (Å²) >= 11 is 0. The van der Waals surface area contributed by atoms with E-state index in [4.69, 9.17) is 0 Å². The molecule has 1 atom stereocenters. The summed E-state index contributed by atoms with van der Waals surface area (Å²) in [5, 5.41) is 3.38. The van der Waals surface area contributed by atoms with E-state index >= 15 is 0 Å². The van der Waals surface area contributed by atoms with Crippen LogP contribution in [0.3, 0.4) is 0 Å². The van der Waals surface area contributed by atoms with E-state index in [0.717, 1.165) is 6.54 Å². The van der Waals surface area contributed by atoms with Crippen molar-refractivity contribution in [3.63, 3.8) is 0 Å². The number of hydrogen-bond acceptors (Lipinski definition) is 1. The molecule has 0 aliphatic rings. The lowest BCUT2D eigenvalue weighted by molar-refractivity contribution is 0.622. The predicted molar refractivity (Wildman–Crippen MR) is 65.8 cm³/mol. The SMILES string of the molecule is CC#CCNC(C)c1cc(C)cc(C)c1. The fraction of sp³-hybridized carbons (Fsp3) is 0.429. The molecule has 0 bridgehead atoms. The highest BCUT2D eigenvalue weighted by Crippen LogP contribution is 2.16. The predicted octanol–water partition coefficient (Wildman–Crippen LogP) is 2.98. The largest absolute Gasteiger partial charge is 0.300 e. The maximum atomic E-state index is 3.38. The first-order valence-electron chi connectivity index (χ1n) is 5.34. The van der Waals surface area contributed by atoms with Crippen LogP contribution in [0.25, 0.3) is 0 Å². The molecule has 0 radical (unpaired) electrons. The number of nitrogens with one attached hydrogen (secondary N) is 1. The number of hydrogen-bond donors (Lipinski definition) is 1. The van der Waals surface area contributed by atoms with E-state index < -0.39 is 0 Å². The Morgan fingerprint density at radius 3 is 2.33 bits per heavy atom. The zero-order valence-electron chi connectivity index (χ0n) is 10.0. The molecule has 0 heterocycles. The number of rotatable bonds is 3. The molecule has 1 heteroatoms.